The van der Waals surface area contributed by atoms with Crippen LogP contribution < -0.4 is 15.4 Å². The molecule has 4 nitrogen and oxygen atoms in total. The molecule has 2 N–H and O–H groups in total. The summed E-state index contributed by atoms with van der Waals surface area (Å²) in [5.41, 5.74) is 6.59. The molecule has 2 heterocycles. The first-order chi connectivity index (χ1) is 9.24. The SMILES string of the molecule is CC1CSCCN1c1ccc(N)c(OCC2CC2)n1. The second-order valence-corrected chi connectivity index (χ2v) is 6.59. The van der Waals surface area contributed by atoms with Gasteiger partial charge in [0.15, 0.2) is 0 Å². The third-order valence-electron chi connectivity index (χ3n) is 3.69. The van der Waals surface area contributed by atoms with Crippen molar-refractivity contribution < 1.29 is 4.74 Å². The maximum absolute atomic E-state index is 5.95. The Kier molecular flexibility index (Phi) is 3.73. The van der Waals surface area contributed by atoms with E-state index in [9.17, 15) is 0 Å². The predicted molar refractivity (Wildman–Crippen MR) is 81.0 cm³/mol. The number of rotatable bonds is 4. The van der Waals surface area contributed by atoms with Gasteiger partial charge >= 0.3 is 0 Å². The van der Waals surface area contributed by atoms with Crippen LogP contribution in [0.1, 0.15) is 19.8 Å². The van der Waals surface area contributed by atoms with Gasteiger partial charge in [-0.3, -0.25) is 0 Å². The number of hydrogen-bond donors (Lipinski definition) is 1. The lowest BCUT2D eigenvalue weighted by molar-refractivity contribution is 0.290. The van der Waals surface area contributed by atoms with Crippen LogP contribution in [0.2, 0.25) is 0 Å². The van der Waals surface area contributed by atoms with Crippen molar-refractivity contribution in [3.8, 4) is 5.88 Å². The Morgan fingerprint density at radius 2 is 2.32 bits per heavy atom. The van der Waals surface area contributed by atoms with Crippen molar-refractivity contribution in [2.24, 2.45) is 5.92 Å². The van der Waals surface area contributed by atoms with Crippen molar-refractivity contribution in [1.29, 1.82) is 0 Å². The molecule has 1 aliphatic heterocycles. The quantitative estimate of drug-likeness (QED) is 0.917. The van der Waals surface area contributed by atoms with E-state index in [4.69, 9.17) is 10.5 Å². The van der Waals surface area contributed by atoms with Gasteiger partial charge in [0.05, 0.1) is 12.3 Å². The second kappa shape index (κ2) is 5.49. The smallest absolute Gasteiger partial charge is 0.239 e. The number of aromatic nitrogens is 1. The molecule has 0 aromatic carbocycles. The van der Waals surface area contributed by atoms with Crippen LogP contribution >= 0.6 is 11.8 Å². The zero-order valence-electron chi connectivity index (χ0n) is 11.3. The number of ether oxygens (including phenoxy) is 1. The Labute approximate surface area is 118 Å². The fourth-order valence-corrected chi connectivity index (χ4v) is 3.28. The molecular weight excluding hydrogens is 258 g/mol. The van der Waals surface area contributed by atoms with Crippen LogP contribution in [0.15, 0.2) is 12.1 Å². The molecule has 1 saturated heterocycles. The van der Waals surface area contributed by atoms with Gasteiger partial charge < -0.3 is 15.4 Å². The lowest BCUT2D eigenvalue weighted by atomic mass is 10.3. The first-order valence-electron chi connectivity index (χ1n) is 6.98. The lowest BCUT2D eigenvalue weighted by Crippen LogP contribution is -2.40. The third kappa shape index (κ3) is 3.08. The third-order valence-corrected chi connectivity index (χ3v) is 4.88. The zero-order chi connectivity index (χ0) is 13.2. The summed E-state index contributed by atoms with van der Waals surface area (Å²) < 4.78 is 5.76. The van der Waals surface area contributed by atoms with Crippen LogP contribution in [-0.4, -0.2) is 35.7 Å². The lowest BCUT2D eigenvalue weighted by Gasteiger charge is -2.34. The van der Waals surface area contributed by atoms with Crippen LogP contribution in [-0.2, 0) is 0 Å². The van der Waals surface area contributed by atoms with Crippen molar-refractivity contribution >= 4 is 23.3 Å². The summed E-state index contributed by atoms with van der Waals surface area (Å²) >= 11 is 2.01. The number of thioether (sulfide) groups is 1. The molecule has 1 unspecified atom stereocenters. The Bertz CT molecular complexity index is 450. The number of hydrogen-bond acceptors (Lipinski definition) is 5. The van der Waals surface area contributed by atoms with Gasteiger partial charge in [-0.05, 0) is 37.8 Å². The molecule has 2 fully saturated rings. The van der Waals surface area contributed by atoms with Crippen molar-refractivity contribution in [1.82, 2.24) is 4.98 Å². The van der Waals surface area contributed by atoms with Crippen LogP contribution in [0.3, 0.4) is 0 Å². The number of nitrogens with zero attached hydrogens (tertiary/aromatic N) is 2. The van der Waals surface area contributed by atoms with Crippen molar-refractivity contribution in [3.63, 3.8) is 0 Å². The minimum atomic E-state index is 0.520. The number of pyridine rings is 1. The summed E-state index contributed by atoms with van der Waals surface area (Å²) in [5, 5.41) is 0. The second-order valence-electron chi connectivity index (χ2n) is 5.44. The van der Waals surface area contributed by atoms with E-state index >= 15 is 0 Å². The Hall–Kier alpha value is -1.10. The van der Waals surface area contributed by atoms with Crippen molar-refractivity contribution in [3.05, 3.63) is 12.1 Å². The summed E-state index contributed by atoms with van der Waals surface area (Å²) in [5.74, 6) is 4.64. The first kappa shape index (κ1) is 12.9. The van der Waals surface area contributed by atoms with E-state index in [1.165, 1.54) is 12.8 Å². The Balaban J connectivity index is 1.74. The van der Waals surface area contributed by atoms with E-state index in [0.29, 0.717) is 17.6 Å². The van der Waals surface area contributed by atoms with E-state index in [0.717, 1.165) is 36.4 Å². The van der Waals surface area contributed by atoms with Crippen molar-refractivity contribution in [2.75, 3.05) is 35.3 Å². The molecule has 1 aromatic heterocycles. The fourth-order valence-electron chi connectivity index (χ4n) is 2.27. The highest BCUT2D eigenvalue weighted by molar-refractivity contribution is 7.99. The van der Waals surface area contributed by atoms with Crippen LogP contribution in [0.4, 0.5) is 11.5 Å². The average Bonchev–Trinajstić information content (AvgIpc) is 3.23. The maximum atomic E-state index is 5.95. The fraction of sp³-hybridized carbons (Fsp3) is 0.643. The summed E-state index contributed by atoms with van der Waals surface area (Å²) in [6, 6.07) is 4.44. The highest BCUT2D eigenvalue weighted by Gasteiger charge is 2.24. The molecule has 0 amide bonds. The molecule has 0 bridgehead atoms. The minimum Gasteiger partial charge on any atom is -0.476 e. The van der Waals surface area contributed by atoms with Crippen LogP contribution in [0, 0.1) is 5.92 Å². The molecule has 2 aliphatic rings. The van der Waals surface area contributed by atoms with Crippen LogP contribution in [0.5, 0.6) is 5.88 Å². The predicted octanol–water partition coefficient (Wildman–Crippen LogP) is 2.39. The minimum absolute atomic E-state index is 0.520. The largest absolute Gasteiger partial charge is 0.476 e. The zero-order valence-corrected chi connectivity index (χ0v) is 12.2. The maximum Gasteiger partial charge on any atom is 0.239 e. The van der Waals surface area contributed by atoms with E-state index in [-0.39, 0.29) is 0 Å². The van der Waals surface area contributed by atoms with E-state index in [1.807, 2.05) is 23.9 Å². The molecule has 0 spiro atoms. The summed E-state index contributed by atoms with van der Waals surface area (Å²) in [7, 11) is 0. The number of anilines is 2. The molecule has 3 rings (SSSR count). The van der Waals surface area contributed by atoms with Gasteiger partial charge in [-0.25, -0.2) is 0 Å². The summed E-state index contributed by atoms with van der Waals surface area (Å²) in [6.45, 7) is 4.05. The van der Waals surface area contributed by atoms with Gasteiger partial charge in [-0.2, -0.15) is 16.7 Å². The Morgan fingerprint density at radius 3 is 3.05 bits per heavy atom. The van der Waals surface area contributed by atoms with Gasteiger partial charge in [0, 0.05) is 24.1 Å². The van der Waals surface area contributed by atoms with Gasteiger partial charge in [0.2, 0.25) is 5.88 Å². The molecule has 104 valence electrons. The van der Waals surface area contributed by atoms with Gasteiger partial charge in [-0.1, -0.05) is 0 Å². The summed E-state index contributed by atoms with van der Waals surface area (Å²) in [4.78, 5) is 6.96. The molecular formula is C14H21N3OS. The van der Waals surface area contributed by atoms with Crippen LogP contribution in [0.25, 0.3) is 0 Å². The molecule has 19 heavy (non-hydrogen) atoms. The standard InChI is InChI=1S/C14H21N3OS/c1-10-9-19-7-6-17(10)13-5-4-12(15)14(16-13)18-8-11-2-3-11/h4-5,10-11H,2-3,6-9,15H2,1H3. The average molecular weight is 279 g/mol. The molecule has 1 atom stereocenters. The van der Waals surface area contributed by atoms with Gasteiger partial charge in [0.25, 0.3) is 0 Å². The number of nitrogens with two attached hydrogens (primary N) is 1. The highest BCUT2D eigenvalue weighted by Crippen LogP contribution is 2.31. The van der Waals surface area contributed by atoms with Crippen molar-refractivity contribution in [2.45, 2.75) is 25.8 Å². The number of nitrogen functional groups attached to an aromatic ring is 1. The van der Waals surface area contributed by atoms with Gasteiger partial charge in [0.1, 0.15) is 5.82 Å². The van der Waals surface area contributed by atoms with E-state index < -0.39 is 0 Å². The Morgan fingerprint density at radius 1 is 1.47 bits per heavy atom. The normalized spacial score (nSPS) is 23.4. The van der Waals surface area contributed by atoms with E-state index in [2.05, 4.69) is 16.8 Å². The van der Waals surface area contributed by atoms with E-state index in [1.54, 1.807) is 0 Å². The molecule has 1 aliphatic carbocycles. The monoisotopic (exact) mass is 279 g/mol. The summed E-state index contributed by atoms with van der Waals surface area (Å²) in [6.07, 6.45) is 2.56. The molecule has 1 saturated carbocycles. The molecule has 5 heteroatoms. The molecule has 1 aromatic rings. The molecule has 0 radical (unpaired) electrons. The first-order valence-corrected chi connectivity index (χ1v) is 8.13. The highest BCUT2D eigenvalue weighted by atomic mass is 32.2. The topological polar surface area (TPSA) is 51.4 Å². The van der Waals surface area contributed by atoms with Gasteiger partial charge in [-0.15, -0.1) is 0 Å².